The summed E-state index contributed by atoms with van der Waals surface area (Å²) in [6, 6.07) is 5.46. The molecule has 3 heterocycles. The number of anilines is 1. The highest BCUT2D eigenvalue weighted by molar-refractivity contribution is 7.88. The molecule has 1 aromatic rings. The summed E-state index contributed by atoms with van der Waals surface area (Å²) in [7, 11) is -3.20. The van der Waals surface area contributed by atoms with Crippen LogP contribution in [0.1, 0.15) is 18.4 Å². The van der Waals surface area contributed by atoms with Crippen LogP contribution in [-0.2, 0) is 21.3 Å². The van der Waals surface area contributed by atoms with Crippen molar-refractivity contribution in [2.24, 2.45) is 5.41 Å². The monoisotopic (exact) mass is 606 g/mol. The molecule has 4 rings (SSSR count). The van der Waals surface area contributed by atoms with E-state index in [0.29, 0.717) is 37.7 Å². The van der Waals surface area contributed by atoms with E-state index in [9.17, 15) is 39.6 Å². The van der Waals surface area contributed by atoms with E-state index in [1.54, 1.807) is 6.07 Å². The lowest BCUT2D eigenvalue weighted by molar-refractivity contribution is -0.308. The Kier molecular flexibility index (Phi) is 8.30. The Morgan fingerprint density at radius 2 is 1.56 bits per heavy atom. The van der Waals surface area contributed by atoms with E-state index in [2.05, 4.69) is 9.64 Å². The Hall–Kier alpha value is -1.97. The largest absolute Gasteiger partial charge is 0.434 e. The molecule has 0 aliphatic carbocycles. The molecule has 0 bridgehead atoms. The minimum atomic E-state index is -5.76. The van der Waals surface area contributed by atoms with Gasteiger partial charge in [-0.15, -0.1) is 0 Å². The van der Waals surface area contributed by atoms with E-state index in [1.165, 1.54) is 10.6 Å². The number of amides is 1. The second-order valence-electron chi connectivity index (χ2n) is 10.4. The molecular weight excluding hydrogens is 578 g/mol. The molecule has 0 aromatic heterocycles. The van der Waals surface area contributed by atoms with Crippen LogP contribution in [-0.4, -0.2) is 106 Å². The van der Waals surface area contributed by atoms with Gasteiger partial charge in [0.25, 0.3) is 6.10 Å². The molecule has 0 unspecified atom stereocenters. The molecule has 0 saturated carbocycles. The van der Waals surface area contributed by atoms with Crippen molar-refractivity contribution in [3.63, 3.8) is 0 Å². The highest BCUT2D eigenvalue weighted by Crippen LogP contribution is 2.43. The van der Waals surface area contributed by atoms with Gasteiger partial charge in [0.05, 0.1) is 6.26 Å². The summed E-state index contributed by atoms with van der Waals surface area (Å²) in [5.74, 6) is 0. The standard InChI is InChI=1S/C23H29ClF6N4O4S/c1-39(36,37)34-14-21(15-34)4-6-32(7-5-21)18-12-17(24)3-2-16(18)13-31-8-10-33(11-9-31)20(35)38-19(22(25,26)27)23(28,29)30/h2-3,12,19H,4-11,13-15H2,1H3. The van der Waals surface area contributed by atoms with Crippen LogP contribution < -0.4 is 4.90 Å². The van der Waals surface area contributed by atoms with Gasteiger partial charge in [0, 0.05) is 75.0 Å². The van der Waals surface area contributed by atoms with Crippen LogP contribution in [0.15, 0.2) is 18.2 Å². The van der Waals surface area contributed by atoms with Gasteiger partial charge < -0.3 is 14.5 Å². The van der Waals surface area contributed by atoms with Gasteiger partial charge in [0.2, 0.25) is 10.0 Å². The average Bonchev–Trinajstić information content (AvgIpc) is 2.80. The number of rotatable bonds is 5. The van der Waals surface area contributed by atoms with Crippen molar-refractivity contribution in [3.8, 4) is 0 Å². The first-order valence-corrected chi connectivity index (χ1v) is 14.5. The third kappa shape index (κ3) is 7.03. The van der Waals surface area contributed by atoms with Gasteiger partial charge in [-0.2, -0.15) is 26.3 Å². The third-order valence-electron chi connectivity index (χ3n) is 7.54. The molecular formula is C23H29ClF6N4O4S. The molecule has 0 atom stereocenters. The lowest BCUT2D eigenvalue weighted by atomic mass is 9.73. The van der Waals surface area contributed by atoms with Crippen LogP contribution >= 0.6 is 11.6 Å². The van der Waals surface area contributed by atoms with E-state index < -0.39 is 34.6 Å². The maximum absolute atomic E-state index is 12.7. The van der Waals surface area contributed by atoms with Gasteiger partial charge in [0.1, 0.15) is 0 Å². The van der Waals surface area contributed by atoms with Gasteiger partial charge in [-0.05, 0) is 30.5 Å². The lowest BCUT2D eigenvalue weighted by Crippen LogP contribution is -2.61. The number of sulfonamides is 1. The summed E-state index contributed by atoms with van der Waals surface area (Å²) in [5, 5.41) is 0.539. The zero-order valence-corrected chi connectivity index (χ0v) is 22.6. The van der Waals surface area contributed by atoms with Gasteiger partial charge in [-0.3, -0.25) is 4.90 Å². The number of carbonyl (C=O) groups excluding carboxylic acids is 1. The van der Waals surface area contributed by atoms with Crippen molar-refractivity contribution in [1.82, 2.24) is 14.1 Å². The Morgan fingerprint density at radius 3 is 2.08 bits per heavy atom. The maximum atomic E-state index is 12.7. The first-order chi connectivity index (χ1) is 18.0. The molecule has 220 valence electrons. The van der Waals surface area contributed by atoms with Crippen LogP contribution in [0.5, 0.6) is 0 Å². The van der Waals surface area contributed by atoms with Crippen LogP contribution in [0, 0.1) is 5.41 Å². The highest BCUT2D eigenvalue weighted by atomic mass is 35.5. The first-order valence-electron chi connectivity index (χ1n) is 12.3. The maximum Gasteiger partial charge on any atom is 0.434 e. The number of hydrogen-bond donors (Lipinski definition) is 0. The Morgan fingerprint density at radius 1 is 1.00 bits per heavy atom. The van der Waals surface area contributed by atoms with Crippen LogP contribution in [0.4, 0.5) is 36.8 Å². The van der Waals surface area contributed by atoms with Gasteiger partial charge >= 0.3 is 18.4 Å². The summed E-state index contributed by atoms with van der Waals surface area (Å²) in [6.45, 7) is 3.17. The normalized spacial score (nSPS) is 21.4. The number of ether oxygens (including phenoxy) is 1. The zero-order chi connectivity index (χ0) is 28.8. The number of benzene rings is 1. The second-order valence-corrected chi connectivity index (χ2v) is 12.8. The van der Waals surface area contributed by atoms with Crippen molar-refractivity contribution < 1.29 is 44.3 Å². The summed E-state index contributed by atoms with van der Waals surface area (Å²) >= 11 is 6.27. The summed E-state index contributed by atoms with van der Waals surface area (Å²) in [4.78, 5) is 17.0. The summed E-state index contributed by atoms with van der Waals surface area (Å²) in [6.07, 6.45) is -14.5. The molecule has 0 radical (unpaired) electrons. The Labute approximate surface area is 227 Å². The fraction of sp³-hybridized carbons (Fsp3) is 0.696. The minimum absolute atomic E-state index is 0.0273. The van der Waals surface area contributed by atoms with E-state index in [-0.39, 0.29) is 31.6 Å². The number of carbonyl (C=O) groups is 1. The third-order valence-corrected chi connectivity index (χ3v) is 8.97. The van der Waals surface area contributed by atoms with Gasteiger partial charge in [-0.25, -0.2) is 17.5 Å². The van der Waals surface area contributed by atoms with Crippen molar-refractivity contribution in [1.29, 1.82) is 0 Å². The predicted molar refractivity (Wildman–Crippen MR) is 131 cm³/mol. The average molecular weight is 607 g/mol. The Bertz CT molecular complexity index is 1140. The first kappa shape index (κ1) is 30.0. The number of halogens is 7. The number of alkyl halides is 6. The smallest absolute Gasteiger partial charge is 0.426 e. The SMILES string of the molecule is CS(=O)(=O)N1CC2(CCN(c3cc(Cl)ccc3CN3CCN(C(=O)OC(C(F)(F)F)C(F)(F)F)CC3)CC2)C1. The van der Waals surface area contributed by atoms with Crippen molar-refractivity contribution in [2.45, 2.75) is 37.8 Å². The fourth-order valence-electron chi connectivity index (χ4n) is 5.26. The van der Waals surface area contributed by atoms with E-state index >= 15 is 0 Å². The second kappa shape index (κ2) is 10.8. The number of nitrogens with zero attached hydrogens (tertiary/aromatic N) is 4. The summed E-state index contributed by atoms with van der Waals surface area (Å²) < 4.78 is 105. The Balaban J connectivity index is 1.33. The fourth-order valence-corrected chi connectivity index (χ4v) is 6.45. The topological polar surface area (TPSA) is 73.4 Å². The van der Waals surface area contributed by atoms with E-state index in [0.717, 1.165) is 29.0 Å². The molecule has 0 N–H and O–H groups in total. The van der Waals surface area contributed by atoms with Crippen LogP contribution in [0.3, 0.4) is 0 Å². The molecule has 8 nitrogen and oxygen atoms in total. The molecule has 3 fully saturated rings. The van der Waals surface area contributed by atoms with Crippen molar-refractivity contribution >= 4 is 33.4 Å². The predicted octanol–water partition coefficient (Wildman–Crippen LogP) is 3.95. The molecule has 1 amide bonds. The molecule has 1 aromatic carbocycles. The molecule has 39 heavy (non-hydrogen) atoms. The van der Waals surface area contributed by atoms with E-state index in [1.807, 2.05) is 17.0 Å². The van der Waals surface area contributed by atoms with Crippen LogP contribution in [0.25, 0.3) is 0 Å². The molecule has 1 spiro atoms. The van der Waals surface area contributed by atoms with Crippen molar-refractivity contribution in [3.05, 3.63) is 28.8 Å². The highest BCUT2D eigenvalue weighted by Gasteiger charge is 2.60. The molecule has 3 aliphatic heterocycles. The summed E-state index contributed by atoms with van der Waals surface area (Å²) in [5.41, 5.74) is 1.82. The quantitative estimate of drug-likeness (QED) is 0.473. The minimum Gasteiger partial charge on any atom is -0.426 e. The van der Waals surface area contributed by atoms with Crippen molar-refractivity contribution in [2.75, 3.05) is 63.5 Å². The molecule has 3 aliphatic rings. The lowest BCUT2D eigenvalue weighted by Gasteiger charge is -2.53. The van der Waals surface area contributed by atoms with Gasteiger partial charge in [-0.1, -0.05) is 17.7 Å². The van der Waals surface area contributed by atoms with Crippen LogP contribution in [0.2, 0.25) is 5.02 Å². The number of piperidine rings is 1. The molecule has 3 saturated heterocycles. The molecule has 16 heteroatoms. The number of piperazine rings is 1. The van der Waals surface area contributed by atoms with Gasteiger partial charge in [0.15, 0.2) is 0 Å². The number of hydrogen-bond acceptors (Lipinski definition) is 6. The van der Waals surface area contributed by atoms with E-state index in [4.69, 9.17) is 11.6 Å². The zero-order valence-electron chi connectivity index (χ0n) is 21.1.